The van der Waals surface area contributed by atoms with E-state index in [1.54, 1.807) is 0 Å². The van der Waals surface area contributed by atoms with Gasteiger partial charge in [0.25, 0.3) is 0 Å². The van der Waals surface area contributed by atoms with E-state index in [0.29, 0.717) is 0 Å². The number of hydrogen-bond acceptors (Lipinski definition) is 1. The van der Waals surface area contributed by atoms with E-state index in [9.17, 15) is 5.11 Å². The van der Waals surface area contributed by atoms with Crippen LogP contribution in [-0.2, 0) is 0 Å². The number of aliphatic hydroxyl groups is 1. The van der Waals surface area contributed by atoms with Gasteiger partial charge in [0.1, 0.15) is 0 Å². The summed E-state index contributed by atoms with van der Waals surface area (Å²) in [6, 6.07) is 0. The minimum absolute atomic E-state index is 0.0208. The van der Waals surface area contributed by atoms with Gasteiger partial charge in [-0.1, -0.05) is 6.92 Å². The van der Waals surface area contributed by atoms with Crippen LogP contribution in [0, 0.1) is 17.8 Å². The molecular formula is C12H22O. The minimum Gasteiger partial charge on any atom is -0.393 e. The Morgan fingerprint density at radius 2 is 1.69 bits per heavy atom. The first-order valence-electron chi connectivity index (χ1n) is 5.93. The predicted octanol–water partition coefficient (Wildman–Crippen LogP) is 2.97. The molecule has 0 heterocycles. The molecule has 0 bridgehead atoms. The van der Waals surface area contributed by atoms with Crippen molar-refractivity contribution in [3.8, 4) is 0 Å². The second-order valence-electron chi connectivity index (χ2n) is 5.22. The summed E-state index contributed by atoms with van der Waals surface area (Å²) < 4.78 is 0. The largest absolute Gasteiger partial charge is 0.393 e. The van der Waals surface area contributed by atoms with Crippen LogP contribution in [0.1, 0.15) is 51.9 Å². The molecule has 1 unspecified atom stereocenters. The summed E-state index contributed by atoms with van der Waals surface area (Å²) >= 11 is 0. The summed E-state index contributed by atoms with van der Waals surface area (Å²) in [5, 5.41) is 9.38. The van der Waals surface area contributed by atoms with Crippen LogP contribution in [0.2, 0.25) is 0 Å². The molecule has 0 spiro atoms. The van der Waals surface area contributed by atoms with Crippen molar-refractivity contribution in [1.29, 1.82) is 0 Å². The summed E-state index contributed by atoms with van der Waals surface area (Å²) in [5.74, 6) is 2.95. The maximum atomic E-state index is 9.38. The zero-order valence-electron chi connectivity index (χ0n) is 8.71. The number of rotatable bonds is 3. The monoisotopic (exact) mass is 182 g/mol. The summed E-state index contributed by atoms with van der Waals surface area (Å²) in [6.45, 7) is 2.42. The van der Waals surface area contributed by atoms with Gasteiger partial charge in [-0.15, -0.1) is 0 Å². The Hall–Kier alpha value is -0.0400. The van der Waals surface area contributed by atoms with Crippen LogP contribution >= 0.6 is 0 Å². The first-order chi connectivity index (χ1) is 6.25. The van der Waals surface area contributed by atoms with Gasteiger partial charge in [-0.25, -0.2) is 0 Å². The van der Waals surface area contributed by atoms with Crippen molar-refractivity contribution < 1.29 is 5.11 Å². The van der Waals surface area contributed by atoms with Gasteiger partial charge in [0.15, 0.2) is 0 Å². The van der Waals surface area contributed by atoms with Crippen molar-refractivity contribution in [2.24, 2.45) is 17.8 Å². The first kappa shape index (κ1) is 9.51. The molecule has 0 aromatic rings. The smallest absolute Gasteiger partial charge is 0.0540 e. The standard InChI is InChI=1S/C12H22O/c1-9(11-4-5-11)8-10-2-6-12(13)7-3-10/h9-13H,2-8H2,1H3. The second-order valence-corrected chi connectivity index (χ2v) is 5.22. The Morgan fingerprint density at radius 3 is 2.23 bits per heavy atom. The first-order valence-corrected chi connectivity index (χ1v) is 5.93. The van der Waals surface area contributed by atoms with Gasteiger partial charge in [-0.2, -0.15) is 0 Å². The van der Waals surface area contributed by atoms with Crippen molar-refractivity contribution in [3.05, 3.63) is 0 Å². The Labute approximate surface area is 81.5 Å². The predicted molar refractivity (Wildman–Crippen MR) is 54.5 cm³/mol. The normalized spacial score (nSPS) is 37.4. The van der Waals surface area contributed by atoms with E-state index in [1.165, 1.54) is 32.1 Å². The molecule has 0 aliphatic heterocycles. The molecule has 0 amide bonds. The van der Waals surface area contributed by atoms with Crippen LogP contribution in [0.4, 0.5) is 0 Å². The topological polar surface area (TPSA) is 20.2 Å². The average molecular weight is 182 g/mol. The molecule has 2 saturated carbocycles. The Morgan fingerprint density at radius 1 is 1.08 bits per heavy atom. The van der Waals surface area contributed by atoms with Crippen LogP contribution in [0.25, 0.3) is 0 Å². The third-order valence-electron chi connectivity index (χ3n) is 3.95. The lowest BCUT2D eigenvalue weighted by Crippen LogP contribution is -2.20. The molecule has 0 radical (unpaired) electrons. The van der Waals surface area contributed by atoms with E-state index < -0.39 is 0 Å². The quantitative estimate of drug-likeness (QED) is 0.711. The van der Waals surface area contributed by atoms with Crippen LogP contribution in [-0.4, -0.2) is 11.2 Å². The minimum atomic E-state index is 0.0208. The molecule has 0 aromatic carbocycles. The molecule has 1 atom stereocenters. The molecule has 0 aromatic heterocycles. The van der Waals surface area contributed by atoms with Gasteiger partial charge in [-0.3, -0.25) is 0 Å². The molecule has 2 aliphatic carbocycles. The highest BCUT2D eigenvalue weighted by Gasteiger charge is 2.30. The lowest BCUT2D eigenvalue weighted by atomic mass is 9.81. The van der Waals surface area contributed by atoms with Crippen molar-refractivity contribution in [1.82, 2.24) is 0 Å². The third-order valence-corrected chi connectivity index (χ3v) is 3.95. The number of aliphatic hydroxyl groups excluding tert-OH is 1. The van der Waals surface area contributed by atoms with E-state index in [4.69, 9.17) is 0 Å². The van der Waals surface area contributed by atoms with Crippen molar-refractivity contribution in [2.75, 3.05) is 0 Å². The van der Waals surface area contributed by atoms with Crippen LogP contribution in [0.5, 0.6) is 0 Å². The van der Waals surface area contributed by atoms with Gasteiger partial charge in [0.2, 0.25) is 0 Å². The van der Waals surface area contributed by atoms with Crippen LogP contribution < -0.4 is 0 Å². The highest BCUT2D eigenvalue weighted by molar-refractivity contribution is 4.82. The Bertz CT molecular complexity index is 155. The van der Waals surface area contributed by atoms with E-state index in [0.717, 1.165) is 30.6 Å². The molecule has 2 aliphatic rings. The molecule has 13 heavy (non-hydrogen) atoms. The van der Waals surface area contributed by atoms with E-state index in [-0.39, 0.29) is 6.10 Å². The molecule has 0 saturated heterocycles. The average Bonchev–Trinajstić information content (AvgIpc) is 2.91. The molecule has 2 rings (SSSR count). The lowest BCUT2D eigenvalue weighted by Gasteiger charge is -2.27. The van der Waals surface area contributed by atoms with Gasteiger partial charge in [0.05, 0.1) is 6.10 Å². The molecule has 76 valence electrons. The van der Waals surface area contributed by atoms with E-state index in [1.807, 2.05) is 0 Å². The second kappa shape index (κ2) is 4.00. The molecule has 2 fully saturated rings. The van der Waals surface area contributed by atoms with Gasteiger partial charge in [0, 0.05) is 0 Å². The maximum absolute atomic E-state index is 9.38. The van der Waals surface area contributed by atoms with Gasteiger partial charge < -0.3 is 5.11 Å². The van der Waals surface area contributed by atoms with E-state index >= 15 is 0 Å². The lowest BCUT2D eigenvalue weighted by molar-refractivity contribution is 0.101. The Kier molecular flexibility index (Phi) is 2.92. The van der Waals surface area contributed by atoms with Crippen LogP contribution in [0.15, 0.2) is 0 Å². The molecule has 1 nitrogen and oxygen atoms in total. The molecular weight excluding hydrogens is 160 g/mol. The van der Waals surface area contributed by atoms with Gasteiger partial charge in [-0.05, 0) is 62.7 Å². The molecule has 1 heteroatoms. The fourth-order valence-electron chi connectivity index (χ4n) is 2.76. The maximum Gasteiger partial charge on any atom is 0.0540 e. The Balaban J connectivity index is 1.69. The van der Waals surface area contributed by atoms with Crippen LogP contribution in [0.3, 0.4) is 0 Å². The fraction of sp³-hybridized carbons (Fsp3) is 1.00. The summed E-state index contributed by atoms with van der Waals surface area (Å²) in [5.41, 5.74) is 0. The third kappa shape index (κ3) is 2.70. The van der Waals surface area contributed by atoms with Crippen molar-refractivity contribution in [2.45, 2.75) is 58.0 Å². The fourth-order valence-corrected chi connectivity index (χ4v) is 2.76. The van der Waals surface area contributed by atoms with Crippen molar-refractivity contribution in [3.63, 3.8) is 0 Å². The number of hydrogen-bond donors (Lipinski definition) is 1. The summed E-state index contributed by atoms with van der Waals surface area (Å²) in [4.78, 5) is 0. The highest BCUT2D eigenvalue weighted by atomic mass is 16.3. The zero-order valence-corrected chi connectivity index (χ0v) is 8.71. The van der Waals surface area contributed by atoms with Crippen molar-refractivity contribution >= 4 is 0 Å². The van der Waals surface area contributed by atoms with E-state index in [2.05, 4.69) is 6.92 Å². The summed E-state index contributed by atoms with van der Waals surface area (Å²) in [7, 11) is 0. The summed E-state index contributed by atoms with van der Waals surface area (Å²) in [6.07, 6.45) is 9.08. The van der Waals surface area contributed by atoms with Gasteiger partial charge >= 0.3 is 0 Å². The highest BCUT2D eigenvalue weighted by Crippen LogP contribution is 2.41. The SMILES string of the molecule is CC(CC1CCC(O)CC1)C1CC1. The zero-order chi connectivity index (χ0) is 9.26. The molecule has 1 N–H and O–H groups in total.